The Morgan fingerprint density at radius 3 is 2.64 bits per heavy atom. The van der Waals surface area contributed by atoms with E-state index in [1.54, 1.807) is 12.4 Å². The summed E-state index contributed by atoms with van der Waals surface area (Å²) in [6.45, 7) is 5.33. The molecule has 0 saturated heterocycles. The molecule has 0 aliphatic heterocycles. The molecule has 4 nitrogen and oxygen atoms in total. The van der Waals surface area contributed by atoms with Crippen LogP contribution in [-0.4, -0.2) is 29.2 Å². The fraction of sp³-hybridized carbons (Fsp3) is 0.556. The van der Waals surface area contributed by atoms with Crippen molar-refractivity contribution in [3.63, 3.8) is 0 Å². The number of aromatic nitrogens is 2. The molecule has 1 rings (SSSR count). The first-order chi connectivity index (χ1) is 6.68. The Labute approximate surface area is 88.7 Å². The Hall–Kier alpha value is -0.870. The second-order valence-electron chi connectivity index (χ2n) is 3.07. The van der Waals surface area contributed by atoms with E-state index >= 15 is 0 Å². The fourth-order valence-corrected chi connectivity index (χ4v) is 0.959. The zero-order valence-corrected chi connectivity index (χ0v) is 9.08. The molecule has 0 aliphatic rings. The zero-order chi connectivity index (χ0) is 10.4. The minimum Gasteiger partial charge on any atom is -0.377 e. The number of hydrogen-bond acceptors (Lipinski definition) is 4. The molecule has 14 heavy (non-hydrogen) atoms. The molecule has 78 valence electrons. The topological polar surface area (TPSA) is 47.0 Å². The van der Waals surface area contributed by atoms with E-state index in [0.717, 1.165) is 0 Å². The molecule has 0 radical (unpaired) electrons. The summed E-state index contributed by atoms with van der Waals surface area (Å²) in [6.07, 6.45) is 3.36. The van der Waals surface area contributed by atoms with E-state index in [9.17, 15) is 0 Å². The molecule has 0 aliphatic carbocycles. The van der Waals surface area contributed by atoms with Crippen LogP contribution in [-0.2, 0) is 4.74 Å². The smallest absolute Gasteiger partial charge is 0.222 e. The van der Waals surface area contributed by atoms with Crippen LogP contribution in [0.1, 0.15) is 13.8 Å². The normalized spacial score (nSPS) is 10.6. The van der Waals surface area contributed by atoms with Gasteiger partial charge in [-0.05, 0) is 13.8 Å². The van der Waals surface area contributed by atoms with E-state index in [4.69, 9.17) is 16.3 Å². The van der Waals surface area contributed by atoms with Gasteiger partial charge >= 0.3 is 0 Å². The predicted octanol–water partition coefficient (Wildman–Crippen LogP) is 1.97. The summed E-state index contributed by atoms with van der Waals surface area (Å²) in [4.78, 5) is 7.97. The minimum atomic E-state index is 0.253. The van der Waals surface area contributed by atoms with Crippen LogP contribution >= 0.6 is 11.6 Å². The van der Waals surface area contributed by atoms with Crippen LogP contribution < -0.4 is 5.32 Å². The Kier molecular flexibility index (Phi) is 4.62. The van der Waals surface area contributed by atoms with Gasteiger partial charge < -0.3 is 10.1 Å². The number of nitrogens with one attached hydrogen (secondary N) is 1. The molecule has 0 saturated carbocycles. The van der Waals surface area contributed by atoms with Crippen molar-refractivity contribution >= 4 is 17.5 Å². The molecule has 1 heterocycles. The van der Waals surface area contributed by atoms with Gasteiger partial charge in [0.05, 0.1) is 30.1 Å². The van der Waals surface area contributed by atoms with Gasteiger partial charge in [-0.25, -0.2) is 9.97 Å². The molecule has 0 aromatic carbocycles. The van der Waals surface area contributed by atoms with Gasteiger partial charge in [0.25, 0.3) is 0 Å². The minimum absolute atomic E-state index is 0.253. The van der Waals surface area contributed by atoms with E-state index < -0.39 is 0 Å². The second kappa shape index (κ2) is 5.78. The predicted molar refractivity (Wildman–Crippen MR) is 56.6 cm³/mol. The molecule has 0 atom stereocenters. The number of rotatable bonds is 5. The van der Waals surface area contributed by atoms with Crippen molar-refractivity contribution in [3.05, 3.63) is 17.4 Å². The van der Waals surface area contributed by atoms with Crippen molar-refractivity contribution in [1.29, 1.82) is 0 Å². The summed E-state index contributed by atoms with van der Waals surface area (Å²) in [6, 6.07) is 0. The molecule has 0 fully saturated rings. The quantitative estimate of drug-likeness (QED) is 0.763. The van der Waals surface area contributed by atoms with Crippen molar-refractivity contribution in [2.24, 2.45) is 0 Å². The third-order valence-corrected chi connectivity index (χ3v) is 1.65. The average molecular weight is 216 g/mol. The van der Waals surface area contributed by atoms with Crippen LogP contribution in [0.2, 0.25) is 5.02 Å². The molecular formula is C9H14ClN3O. The van der Waals surface area contributed by atoms with Gasteiger partial charge in [0.2, 0.25) is 5.95 Å². The zero-order valence-electron chi connectivity index (χ0n) is 8.33. The maximum Gasteiger partial charge on any atom is 0.222 e. The number of halogens is 1. The highest BCUT2D eigenvalue weighted by Gasteiger charge is 1.96. The third kappa shape index (κ3) is 4.39. The van der Waals surface area contributed by atoms with Crippen LogP contribution in [0.4, 0.5) is 5.95 Å². The van der Waals surface area contributed by atoms with Crippen molar-refractivity contribution in [3.8, 4) is 0 Å². The largest absolute Gasteiger partial charge is 0.377 e. The highest BCUT2D eigenvalue weighted by Crippen LogP contribution is 2.04. The molecule has 0 amide bonds. The monoisotopic (exact) mass is 215 g/mol. The van der Waals surface area contributed by atoms with Crippen LogP contribution in [0.5, 0.6) is 0 Å². The lowest BCUT2D eigenvalue weighted by molar-refractivity contribution is 0.0870. The van der Waals surface area contributed by atoms with Gasteiger partial charge in [0.1, 0.15) is 0 Å². The van der Waals surface area contributed by atoms with Gasteiger partial charge in [0, 0.05) is 6.54 Å². The van der Waals surface area contributed by atoms with Crippen molar-refractivity contribution in [2.45, 2.75) is 20.0 Å². The average Bonchev–Trinajstić information content (AvgIpc) is 2.15. The van der Waals surface area contributed by atoms with Crippen LogP contribution in [0.15, 0.2) is 12.4 Å². The third-order valence-electron chi connectivity index (χ3n) is 1.46. The summed E-state index contributed by atoms with van der Waals surface area (Å²) >= 11 is 5.64. The van der Waals surface area contributed by atoms with E-state index in [1.807, 2.05) is 13.8 Å². The van der Waals surface area contributed by atoms with E-state index in [2.05, 4.69) is 15.3 Å². The lowest BCUT2D eigenvalue weighted by Gasteiger charge is -2.07. The number of anilines is 1. The van der Waals surface area contributed by atoms with Gasteiger partial charge in [-0.2, -0.15) is 0 Å². The van der Waals surface area contributed by atoms with Gasteiger partial charge in [-0.15, -0.1) is 0 Å². The van der Waals surface area contributed by atoms with Crippen LogP contribution in [0.25, 0.3) is 0 Å². The first-order valence-electron chi connectivity index (χ1n) is 4.51. The summed E-state index contributed by atoms with van der Waals surface area (Å²) in [5, 5.41) is 3.56. The summed E-state index contributed by atoms with van der Waals surface area (Å²) in [5.74, 6) is 0.571. The van der Waals surface area contributed by atoms with E-state index in [1.165, 1.54) is 0 Å². The van der Waals surface area contributed by atoms with Gasteiger partial charge in [-0.1, -0.05) is 11.6 Å². The van der Waals surface area contributed by atoms with Gasteiger partial charge in [0.15, 0.2) is 0 Å². The lowest BCUT2D eigenvalue weighted by Crippen LogP contribution is -2.14. The van der Waals surface area contributed by atoms with Crippen molar-refractivity contribution in [1.82, 2.24) is 9.97 Å². The number of hydrogen-bond donors (Lipinski definition) is 1. The molecule has 5 heteroatoms. The Bertz CT molecular complexity index is 263. The Morgan fingerprint density at radius 1 is 1.43 bits per heavy atom. The molecule has 0 bridgehead atoms. The van der Waals surface area contributed by atoms with Crippen molar-refractivity contribution in [2.75, 3.05) is 18.5 Å². The molecule has 1 aromatic rings. The Morgan fingerprint density at radius 2 is 2.07 bits per heavy atom. The van der Waals surface area contributed by atoms with Crippen molar-refractivity contribution < 1.29 is 4.74 Å². The van der Waals surface area contributed by atoms with Crippen LogP contribution in [0.3, 0.4) is 0 Å². The fourth-order valence-electron chi connectivity index (χ4n) is 0.861. The molecule has 0 unspecified atom stereocenters. The Balaban J connectivity index is 2.21. The lowest BCUT2D eigenvalue weighted by atomic mass is 10.5. The SMILES string of the molecule is CC(C)OCCNc1ncc(Cl)cn1. The molecule has 0 spiro atoms. The second-order valence-corrected chi connectivity index (χ2v) is 3.51. The molecular weight excluding hydrogens is 202 g/mol. The first kappa shape index (κ1) is 11.2. The molecule has 1 N–H and O–H groups in total. The highest BCUT2D eigenvalue weighted by atomic mass is 35.5. The summed E-state index contributed by atoms with van der Waals surface area (Å²) in [5.41, 5.74) is 0. The molecule has 1 aromatic heterocycles. The number of ether oxygens (including phenoxy) is 1. The standard InChI is InChI=1S/C9H14ClN3O/c1-7(2)14-4-3-11-9-12-5-8(10)6-13-9/h5-7H,3-4H2,1-2H3,(H,11,12,13). The van der Waals surface area contributed by atoms with E-state index in [0.29, 0.717) is 24.1 Å². The maximum atomic E-state index is 5.64. The maximum absolute atomic E-state index is 5.64. The van der Waals surface area contributed by atoms with E-state index in [-0.39, 0.29) is 6.10 Å². The first-order valence-corrected chi connectivity index (χ1v) is 4.89. The number of nitrogens with zero attached hydrogens (tertiary/aromatic N) is 2. The van der Waals surface area contributed by atoms with Crippen LogP contribution in [0, 0.1) is 0 Å². The summed E-state index contributed by atoms with van der Waals surface area (Å²) < 4.78 is 5.34. The van der Waals surface area contributed by atoms with Gasteiger partial charge in [-0.3, -0.25) is 0 Å². The summed E-state index contributed by atoms with van der Waals surface area (Å²) in [7, 11) is 0. The highest BCUT2D eigenvalue weighted by molar-refractivity contribution is 6.30.